The number of nitrogens with one attached hydrogen (secondary N) is 1. The van der Waals surface area contributed by atoms with Crippen LogP contribution in [0.15, 0.2) is 47.6 Å². The average Bonchev–Trinajstić information content (AvgIpc) is 3.56. The van der Waals surface area contributed by atoms with Crippen LogP contribution in [0.25, 0.3) is 11.3 Å². The second-order valence-electron chi connectivity index (χ2n) is 8.27. The Balaban J connectivity index is 1.61. The molecule has 1 atom stereocenters. The molecule has 1 aliphatic heterocycles. The van der Waals surface area contributed by atoms with Gasteiger partial charge in [0, 0.05) is 42.3 Å². The van der Waals surface area contributed by atoms with Crippen molar-refractivity contribution in [1.82, 2.24) is 9.88 Å². The van der Waals surface area contributed by atoms with E-state index in [2.05, 4.69) is 39.1 Å². The molecule has 2 aromatic rings. The van der Waals surface area contributed by atoms with Crippen LogP contribution in [0.4, 0.5) is 0 Å². The summed E-state index contributed by atoms with van der Waals surface area (Å²) in [4.78, 5) is 11.2. The fraction of sp³-hybridized carbons (Fsp3) is 0.435. The van der Waals surface area contributed by atoms with Gasteiger partial charge in [-0.15, -0.1) is 0 Å². The Morgan fingerprint density at radius 3 is 2.63 bits per heavy atom. The molecule has 0 bridgehead atoms. The van der Waals surface area contributed by atoms with Gasteiger partial charge in [-0.05, 0) is 37.5 Å². The number of amidine groups is 2. The average molecular weight is 443 g/mol. The Kier molecular flexibility index (Phi) is 5.93. The molecule has 4 rings (SSSR count). The summed E-state index contributed by atoms with van der Waals surface area (Å²) in [6, 6.07) is 12.1. The number of halogens is 1. The molecule has 2 N–H and O–H groups in total. The molecule has 0 radical (unpaired) electrons. The molecule has 2 aliphatic rings. The summed E-state index contributed by atoms with van der Waals surface area (Å²) in [6.45, 7) is 2.86. The molecule has 0 amide bonds. The predicted molar refractivity (Wildman–Crippen MR) is 126 cm³/mol. The lowest BCUT2D eigenvalue weighted by atomic mass is 9.91. The van der Waals surface area contributed by atoms with Gasteiger partial charge in [0.15, 0.2) is 0 Å². The van der Waals surface area contributed by atoms with E-state index in [1.807, 2.05) is 26.1 Å². The Morgan fingerprint density at radius 1 is 1.30 bits per heavy atom. The van der Waals surface area contributed by atoms with Crippen LogP contribution in [-0.4, -0.2) is 57.4 Å². The second-order valence-corrected chi connectivity index (χ2v) is 10.4. The lowest BCUT2D eigenvalue weighted by Crippen LogP contribution is -2.44. The number of pyridine rings is 1. The summed E-state index contributed by atoms with van der Waals surface area (Å²) < 4.78 is -0.301. The number of nitrogens with zero attached hydrogens (tertiary/aromatic N) is 3. The molecule has 5 nitrogen and oxygen atoms in total. The van der Waals surface area contributed by atoms with Crippen LogP contribution in [0.2, 0.25) is 5.02 Å². The highest BCUT2D eigenvalue weighted by atomic mass is 35.5. The third kappa shape index (κ3) is 3.88. The Hall–Kier alpha value is -1.89. The molecule has 1 aliphatic carbocycles. The molecular weight excluding hydrogens is 416 g/mol. The predicted octanol–water partition coefficient (Wildman–Crippen LogP) is 4.63. The molecule has 1 saturated carbocycles. The number of aliphatic imine (C=N–C) groups is 1. The quantitative estimate of drug-likeness (QED) is 0.534. The minimum absolute atomic E-state index is 0.0785. The minimum atomic E-state index is -0.301. The van der Waals surface area contributed by atoms with Crippen molar-refractivity contribution in [3.05, 3.63) is 53.2 Å². The van der Waals surface area contributed by atoms with Crippen molar-refractivity contribution in [2.24, 2.45) is 4.99 Å². The maximum absolute atomic E-state index is 9.78. The van der Waals surface area contributed by atoms with Gasteiger partial charge in [-0.1, -0.05) is 35.9 Å². The largest absolute Gasteiger partial charge is 0.395 e. The topological polar surface area (TPSA) is 72.6 Å². The number of aliphatic hydroxyl groups excluding tert-OH is 1. The van der Waals surface area contributed by atoms with E-state index in [0.29, 0.717) is 17.3 Å². The fourth-order valence-electron chi connectivity index (χ4n) is 4.26. The monoisotopic (exact) mass is 442 g/mol. The van der Waals surface area contributed by atoms with Crippen LogP contribution in [0.3, 0.4) is 0 Å². The van der Waals surface area contributed by atoms with Gasteiger partial charge in [-0.2, -0.15) is 11.8 Å². The first-order valence-corrected chi connectivity index (χ1v) is 11.6. The molecule has 1 aromatic heterocycles. The first kappa shape index (κ1) is 21.3. The van der Waals surface area contributed by atoms with Crippen molar-refractivity contribution in [3.8, 4) is 11.3 Å². The van der Waals surface area contributed by atoms with Crippen LogP contribution in [-0.2, 0) is 5.41 Å². The number of aliphatic hydroxyl groups is 1. The standard InChI is InChI=1S/C23H27ClN4OS/c1-22(15-29)14-19(25)28(12-13-30-22)21(26-2)23(9-10-23)17-7-5-16(6-8-17)20-18(24)4-3-11-27-20/h3-8,11,25,29H,9-10,12-15H2,1-2H3. The Morgan fingerprint density at radius 2 is 2.03 bits per heavy atom. The fourth-order valence-corrected chi connectivity index (χ4v) is 5.59. The van der Waals surface area contributed by atoms with Crippen molar-refractivity contribution in [3.63, 3.8) is 0 Å². The van der Waals surface area contributed by atoms with Crippen LogP contribution in [0, 0.1) is 5.41 Å². The Bertz CT molecular complexity index is 973. The Labute approximate surface area is 187 Å². The van der Waals surface area contributed by atoms with Gasteiger partial charge in [-0.3, -0.25) is 15.4 Å². The maximum Gasteiger partial charge on any atom is 0.115 e. The summed E-state index contributed by atoms with van der Waals surface area (Å²) in [7, 11) is 1.83. The summed E-state index contributed by atoms with van der Waals surface area (Å²) in [5.74, 6) is 2.38. The highest BCUT2D eigenvalue weighted by molar-refractivity contribution is 8.00. The number of benzene rings is 1. The summed E-state index contributed by atoms with van der Waals surface area (Å²) in [6.07, 6.45) is 4.35. The van der Waals surface area contributed by atoms with E-state index in [4.69, 9.17) is 17.0 Å². The molecular formula is C23H27ClN4OS. The second kappa shape index (κ2) is 8.33. The molecule has 2 heterocycles. The zero-order valence-corrected chi connectivity index (χ0v) is 18.9. The molecule has 158 valence electrons. The molecule has 30 heavy (non-hydrogen) atoms. The van der Waals surface area contributed by atoms with E-state index in [9.17, 15) is 5.11 Å². The first-order chi connectivity index (χ1) is 14.4. The smallest absolute Gasteiger partial charge is 0.115 e. The molecule has 1 unspecified atom stereocenters. The van der Waals surface area contributed by atoms with Gasteiger partial charge in [-0.25, -0.2) is 0 Å². The zero-order valence-electron chi connectivity index (χ0n) is 17.4. The van der Waals surface area contributed by atoms with Gasteiger partial charge in [0.2, 0.25) is 0 Å². The van der Waals surface area contributed by atoms with Crippen molar-refractivity contribution < 1.29 is 5.11 Å². The van der Waals surface area contributed by atoms with Gasteiger partial charge in [0.05, 0.1) is 22.7 Å². The third-order valence-electron chi connectivity index (χ3n) is 6.08. The van der Waals surface area contributed by atoms with Crippen molar-refractivity contribution in [2.75, 3.05) is 26.0 Å². The van der Waals surface area contributed by atoms with E-state index in [-0.39, 0.29) is 16.8 Å². The van der Waals surface area contributed by atoms with Crippen molar-refractivity contribution >= 4 is 35.0 Å². The van der Waals surface area contributed by atoms with Gasteiger partial charge < -0.3 is 10.0 Å². The highest BCUT2D eigenvalue weighted by Crippen LogP contribution is 2.51. The van der Waals surface area contributed by atoms with Crippen LogP contribution < -0.4 is 0 Å². The van der Waals surface area contributed by atoms with Crippen molar-refractivity contribution in [2.45, 2.75) is 36.3 Å². The number of hydrogen-bond donors (Lipinski definition) is 2. The van der Waals surface area contributed by atoms with Gasteiger partial charge >= 0.3 is 0 Å². The summed E-state index contributed by atoms with van der Waals surface area (Å²) >= 11 is 8.05. The van der Waals surface area contributed by atoms with E-state index >= 15 is 0 Å². The molecule has 2 fully saturated rings. The van der Waals surface area contributed by atoms with Gasteiger partial charge in [0.25, 0.3) is 0 Å². The van der Waals surface area contributed by atoms with E-state index in [1.54, 1.807) is 18.0 Å². The SMILES string of the molecule is CN=C(N1CCSC(C)(CO)CC1=N)C1(c2ccc(-c3ncccc3Cl)cc2)CC1. The van der Waals surface area contributed by atoms with E-state index in [1.165, 1.54) is 5.56 Å². The normalized spacial score (nSPS) is 23.9. The maximum atomic E-state index is 9.78. The molecule has 7 heteroatoms. The van der Waals surface area contributed by atoms with E-state index < -0.39 is 0 Å². The number of thioether (sulfide) groups is 1. The summed E-state index contributed by atoms with van der Waals surface area (Å²) in [5.41, 5.74) is 2.86. The summed E-state index contributed by atoms with van der Waals surface area (Å²) in [5, 5.41) is 19.1. The van der Waals surface area contributed by atoms with Crippen LogP contribution >= 0.6 is 23.4 Å². The lowest BCUT2D eigenvalue weighted by molar-refractivity contribution is 0.258. The van der Waals surface area contributed by atoms with Crippen LogP contribution in [0.5, 0.6) is 0 Å². The number of hydrogen-bond acceptors (Lipinski definition) is 5. The van der Waals surface area contributed by atoms with Crippen LogP contribution in [0.1, 0.15) is 31.7 Å². The van der Waals surface area contributed by atoms with Gasteiger partial charge in [0.1, 0.15) is 11.7 Å². The van der Waals surface area contributed by atoms with Crippen molar-refractivity contribution in [1.29, 1.82) is 5.41 Å². The molecule has 0 spiro atoms. The number of aromatic nitrogens is 1. The lowest BCUT2D eigenvalue weighted by Gasteiger charge is -2.31. The molecule has 1 saturated heterocycles. The number of rotatable bonds is 4. The van der Waals surface area contributed by atoms with E-state index in [0.717, 1.165) is 42.2 Å². The highest BCUT2D eigenvalue weighted by Gasteiger charge is 2.52. The molecule has 1 aromatic carbocycles. The third-order valence-corrected chi connectivity index (χ3v) is 7.74. The minimum Gasteiger partial charge on any atom is -0.395 e. The zero-order chi connectivity index (χ0) is 21.4. The first-order valence-electron chi connectivity index (χ1n) is 10.2.